The molecule has 0 aliphatic heterocycles. The molecule has 0 saturated heterocycles. The van der Waals surface area contributed by atoms with Crippen molar-refractivity contribution in [1.82, 2.24) is 0 Å². The predicted octanol–water partition coefficient (Wildman–Crippen LogP) is 2.92. The van der Waals surface area contributed by atoms with Crippen molar-refractivity contribution >= 4 is 12.2 Å². The van der Waals surface area contributed by atoms with E-state index in [1.165, 1.54) is 0 Å². The second kappa shape index (κ2) is 5.86. The van der Waals surface area contributed by atoms with Gasteiger partial charge in [-0.1, -0.05) is 24.3 Å². The fourth-order valence-electron chi connectivity index (χ4n) is 1.10. The minimum atomic E-state index is 1.10. The lowest BCUT2D eigenvalue weighted by atomic mass is 10.1. The van der Waals surface area contributed by atoms with Crippen LogP contribution in [-0.4, -0.2) is 14.2 Å². The Balaban J connectivity index is 2.91. The van der Waals surface area contributed by atoms with E-state index in [0.717, 1.165) is 11.1 Å². The Morgan fingerprint density at radius 3 is 1.64 bits per heavy atom. The summed E-state index contributed by atoms with van der Waals surface area (Å²) in [5.74, 6) is 0. The molecule has 1 aromatic rings. The standard InChI is InChI=1S/C12H14O2/c1-13-9-7-11-5-3-4-6-12(11)8-10-14-2/h3-10H,1-2H3/b9-7+,10-8+. The lowest BCUT2D eigenvalue weighted by Gasteiger charge is -1.99. The Labute approximate surface area is 84.5 Å². The molecular formula is C12H14O2. The first-order chi connectivity index (χ1) is 6.88. The van der Waals surface area contributed by atoms with Gasteiger partial charge in [0.05, 0.1) is 26.7 Å². The maximum atomic E-state index is 4.87. The molecule has 0 spiro atoms. The van der Waals surface area contributed by atoms with Gasteiger partial charge in [-0.2, -0.15) is 0 Å². The van der Waals surface area contributed by atoms with Crippen LogP contribution >= 0.6 is 0 Å². The van der Waals surface area contributed by atoms with Gasteiger partial charge < -0.3 is 9.47 Å². The Morgan fingerprint density at radius 2 is 1.29 bits per heavy atom. The highest BCUT2D eigenvalue weighted by molar-refractivity contribution is 5.64. The zero-order valence-electron chi connectivity index (χ0n) is 8.44. The van der Waals surface area contributed by atoms with Crippen molar-refractivity contribution in [2.24, 2.45) is 0 Å². The maximum Gasteiger partial charge on any atom is 0.0830 e. The third-order valence-electron chi connectivity index (χ3n) is 1.76. The Bertz CT molecular complexity index is 294. The summed E-state index contributed by atoms with van der Waals surface area (Å²) < 4.78 is 9.74. The molecule has 0 N–H and O–H groups in total. The molecule has 0 fully saturated rings. The van der Waals surface area contributed by atoms with E-state index in [1.54, 1.807) is 26.7 Å². The van der Waals surface area contributed by atoms with E-state index in [9.17, 15) is 0 Å². The van der Waals surface area contributed by atoms with Crippen molar-refractivity contribution < 1.29 is 9.47 Å². The molecule has 0 unspecified atom stereocenters. The van der Waals surface area contributed by atoms with Gasteiger partial charge in [0.15, 0.2) is 0 Å². The molecule has 2 heteroatoms. The molecule has 0 saturated carbocycles. The summed E-state index contributed by atoms with van der Waals surface area (Å²) in [5.41, 5.74) is 2.20. The van der Waals surface area contributed by atoms with Crippen molar-refractivity contribution in [1.29, 1.82) is 0 Å². The van der Waals surface area contributed by atoms with E-state index >= 15 is 0 Å². The summed E-state index contributed by atoms with van der Waals surface area (Å²) in [6.07, 6.45) is 7.13. The lowest BCUT2D eigenvalue weighted by molar-refractivity contribution is 0.341. The average molecular weight is 190 g/mol. The molecule has 2 nitrogen and oxygen atoms in total. The molecule has 0 aliphatic carbocycles. The van der Waals surface area contributed by atoms with Crippen LogP contribution in [0.1, 0.15) is 11.1 Å². The maximum absolute atomic E-state index is 4.87. The van der Waals surface area contributed by atoms with Gasteiger partial charge in [0.1, 0.15) is 0 Å². The van der Waals surface area contributed by atoms with Crippen molar-refractivity contribution in [3.05, 3.63) is 47.9 Å². The monoisotopic (exact) mass is 190 g/mol. The summed E-state index contributed by atoms with van der Waals surface area (Å²) in [6, 6.07) is 8.01. The molecule has 0 aromatic heterocycles. The fraction of sp³-hybridized carbons (Fsp3) is 0.167. The van der Waals surface area contributed by atoms with Crippen LogP contribution in [0, 0.1) is 0 Å². The Kier molecular flexibility index (Phi) is 4.35. The first kappa shape index (κ1) is 10.4. The third-order valence-corrected chi connectivity index (χ3v) is 1.76. The van der Waals surface area contributed by atoms with E-state index in [1.807, 2.05) is 36.4 Å². The molecule has 0 bridgehead atoms. The van der Waals surface area contributed by atoms with Crippen molar-refractivity contribution in [3.63, 3.8) is 0 Å². The van der Waals surface area contributed by atoms with Crippen molar-refractivity contribution in [3.8, 4) is 0 Å². The number of hydrogen-bond acceptors (Lipinski definition) is 2. The van der Waals surface area contributed by atoms with E-state index in [0.29, 0.717) is 0 Å². The van der Waals surface area contributed by atoms with Crippen LogP contribution in [0.2, 0.25) is 0 Å². The van der Waals surface area contributed by atoms with Crippen LogP contribution in [0.3, 0.4) is 0 Å². The fourth-order valence-corrected chi connectivity index (χ4v) is 1.10. The van der Waals surface area contributed by atoms with Crippen LogP contribution in [0.15, 0.2) is 36.8 Å². The molecule has 0 heterocycles. The van der Waals surface area contributed by atoms with Gasteiger partial charge in [0.2, 0.25) is 0 Å². The minimum Gasteiger partial charge on any atom is -0.504 e. The summed E-state index contributed by atoms with van der Waals surface area (Å²) in [5, 5.41) is 0. The van der Waals surface area contributed by atoms with Crippen molar-refractivity contribution in [2.45, 2.75) is 0 Å². The predicted molar refractivity (Wildman–Crippen MR) is 58.5 cm³/mol. The molecule has 14 heavy (non-hydrogen) atoms. The molecule has 0 aliphatic rings. The van der Waals surface area contributed by atoms with Crippen LogP contribution in [-0.2, 0) is 9.47 Å². The number of rotatable bonds is 4. The molecule has 0 radical (unpaired) electrons. The SMILES string of the molecule is CO/C=C/c1ccccc1/C=C/OC. The van der Waals surface area contributed by atoms with Gasteiger partial charge in [-0.25, -0.2) is 0 Å². The lowest BCUT2D eigenvalue weighted by Crippen LogP contribution is -1.80. The summed E-state index contributed by atoms with van der Waals surface area (Å²) in [4.78, 5) is 0. The first-order valence-electron chi connectivity index (χ1n) is 4.36. The highest BCUT2D eigenvalue weighted by Crippen LogP contribution is 2.12. The van der Waals surface area contributed by atoms with Crippen LogP contribution in [0.5, 0.6) is 0 Å². The van der Waals surface area contributed by atoms with Gasteiger partial charge in [-0.05, 0) is 23.3 Å². The molecule has 0 atom stereocenters. The van der Waals surface area contributed by atoms with Gasteiger partial charge in [0.25, 0.3) is 0 Å². The van der Waals surface area contributed by atoms with Gasteiger partial charge in [0, 0.05) is 0 Å². The van der Waals surface area contributed by atoms with Crippen LogP contribution < -0.4 is 0 Å². The third kappa shape index (κ3) is 2.98. The molecule has 1 aromatic carbocycles. The molecule has 0 amide bonds. The quantitative estimate of drug-likeness (QED) is 0.679. The smallest absolute Gasteiger partial charge is 0.0830 e. The summed E-state index contributed by atoms with van der Waals surface area (Å²) in [6.45, 7) is 0. The first-order valence-corrected chi connectivity index (χ1v) is 4.36. The topological polar surface area (TPSA) is 18.5 Å². The number of methoxy groups -OCH3 is 2. The van der Waals surface area contributed by atoms with E-state index in [4.69, 9.17) is 9.47 Å². The second-order valence-corrected chi connectivity index (χ2v) is 2.71. The van der Waals surface area contributed by atoms with E-state index in [-0.39, 0.29) is 0 Å². The summed E-state index contributed by atoms with van der Waals surface area (Å²) in [7, 11) is 3.26. The normalized spacial score (nSPS) is 11.0. The molecule has 1 rings (SSSR count). The largest absolute Gasteiger partial charge is 0.504 e. The summed E-state index contributed by atoms with van der Waals surface area (Å²) >= 11 is 0. The van der Waals surface area contributed by atoms with Gasteiger partial charge in [-0.3, -0.25) is 0 Å². The average Bonchev–Trinajstić information content (AvgIpc) is 2.24. The zero-order valence-corrected chi connectivity index (χ0v) is 8.44. The van der Waals surface area contributed by atoms with Crippen LogP contribution in [0.25, 0.3) is 12.2 Å². The molecular weight excluding hydrogens is 176 g/mol. The second-order valence-electron chi connectivity index (χ2n) is 2.71. The highest BCUT2D eigenvalue weighted by Gasteiger charge is 1.93. The van der Waals surface area contributed by atoms with Gasteiger partial charge in [-0.15, -0.1) is 0 Å². The van der Waals surface area contributed by atoms with E-state index in [2.05, 4.69) is 0 Å². The van der Waals surface area contributed by atoms with Crippen LogP contribution in [0.4, 0.5) is 0 Å². The van der Waals surface area contributed by atoms with Crippen molar-refractivity contribution in [2.75, 3.05) is 14.2 Å². The Hall–Kier alpha value is -1.70. The number of ether oxygens (including phenoxy) is 2. The Morgan fingerprint density at radius 1 is 0.857 bits per heavy atom. The van der Waals surface area contributed by atoms with Gasteiger partial charge >= 0.3 is 0 Å². The van der Waals surface area contributed by atoms with E-state index < -0.39 is 0 Å². The number of benzene rings is 1. The highest BCUT2D eigenvalue weighted by atomic mass is 16.5. The number of hydrogen-bond donors (Lipinski definition) is 0. The molecule has 74 valence electrons. The zero-order chi connectivity index (χ0) is 10.2. The minimum absolute atomic E-state index is 1.10.